The second kappa shape index (κ2) is 5.53. The Labute approximate surface area is 80.8 Å². The molecule has 14 heavy (non-hydrogen) atoms. The van der Waals surface area contributed by atoms with Crippen LogP contribution in [0.2, 0.25) is 0 Å². The lowest BCUT2D eigenvalue weighted by Crippen LogP contribution is -1.93. The van der Waals surface area contributed by atoms with E-state index in [1.165, 1.54) is 6.26 Å². The first-order valence-electron chi connectivity index (χ1n) is 3.93. The predicted molar refractivity (Wildman–Crippen MR) is 49.9 cm³/mol. The topological polar surface area (TPSA) is 63.3 Å². The van der Waals surface area contributed by atoms with E-state index in [1.807, 2.05) is 0 Å². The van der Waals surface area contributed by atoms with E-state index in [0.717, 1.165) is 0 Å². The van der Waals surface area contributed by atoms with Crippen LogP contribution in [0.1, 0.15) is 10.4 Å². The third kappa shape index (κ3) is 3.53. The van der Waals surface area contributed by atoms with Gasteiger partial charge < -0.3 is 9.63 Å². The van der Waals surface area contributed by atoms with Gasteiger partial charge in [0.1, 0.15) is 6.26 Å². The Morgan fingerprint density at radius 3 is 2.21 bits per heavy atom. The van der Waals surface area contributed by atoms with Gasteiger partial charge in [0.15, 0.2) is 0 Å². The lowest BCUT2D eigenvalue weighted by molar-refractivity contribution is 0.0697. The third-order valence-corrected chi connectivity index (χ3v) is 1.37. The lowest BCUT2D eigenvalue weighted by Gasteiger charge is -1.88. The van der Waals surface area contributed by atoms with Crippen molar-refractivity contribution in [1.29, 1.82) is 0 Å². The molecule has 0 aliphatic carbocycles. The van der Waals surface area contributed by atoms with Crippen LogP contribution in [0.4, 0.5) is 0 Å². The third-order valence-electron chi connectivity index (χ3n) is 1.37. The maximum atomic E-state index is 10.2. The number of carboxylic acid groups (broad SMARTS) is 1. The molecule has 0 radical (unpaired) electrons. The second-order valence-corrected chi connectivity index (χ2v) is 2.36. The Balaban J connectivity index is 0.000000165. The van der Waals surface area contributed by atoms with E-state index in [9.17, 15) is 4.79 Å². The van der Waals surface area contributed by atoms with Crippen LogP contribution in [-0.4, -0.2) is 16.2 Å². The van der Waals surface area contributed by atoms with Gasteiger partial charge >= 0.3 is 5.97 Å². The summed E-state index contributed by atoms with van der Waals surface area (Å²) in [7, 11) is 0. The molecule has 72 valence electrons. The predicted octanol–water partition coefficient (Wildman–Crippen LogP) is 2.06. The van der Waals surface area contributed by atoms with Crippen molar-refractivity contribution in [3.63, 3.8) is 0 Å². The Hall–Kier alpha value is -2.10. The van der Waals surface area contributed by atoms with Crippen molar-refractivity contribution in [1.82, 2.24) is 5.16 Å². The lowest BCUT2D eigenvalue weighted by atomic mass is 10.2. The van der Waals surface area contributed by atoms with Crippen LogP contribution < -0.4 is 0 Å². The highest BCUT2D eigenvalue weighted by atomic mass is 16.5. The van der Waals surface area contributed by atoms with Gasteiger partial charge in [-0.3, -0.25) is 0 Å². The molecule has 2 rings (SSSR count). The summed E-state index contributed by atoms with van der Waals surface area (Å²) in [4.78, 5) is 10.2. The first-order chi connectivity index (χ1) is 6.80. The summed E-state index contributed by atoms with van der Waals surface area (Å²) in [6, 6.07) is 10.0. The maximum Gasteiger partial charge on any atom is 0.335 e. The van der Waals surface area contributed by atoms with Crippen molar-refractivity contribution in [3.8, 4) is 0 Å². The number of hydrogen-bond acceptors (Lipinski definition) is 3. The van der Waals surface area contributed by atoms with Crippen molar-refractivity contribution < 1.29 is 14.4 Å². The van der Waals surface area contributed by atoms with Crippen molar-refractivity contribution in [3.05, 3.63) is 54.4 Å². The van der Waals surface area contributed by atoms with E-state index in [4.69, 9.17) is 5.11 Å². The first kappa shape index (κ1) is 9.98. The van der Waals surface area contributed by atoms with Crippen molar-refractivity contribution in [2.24, 2.45) is 0 Å². The minimum absolute atomic E-state index is 0.331. The van der Waals surface area contributed by atoms with E-state index in [2.05, 4.69) is 9.68 Å². The minimum atomic E-state index is -0.879. The van der Waals surface area contributed by atoms with Gasteiger partial charge in [-0.2, -0.15) is 0 Å². The quantitative estimate of drug-likeness (QED) is 0.749. The van der Waals surface area contributed by atoms with Gasteiger partial charge in [0, 0.05) is 0 Å². The summed E-state index contributed by atoms with van der Waals surface area (Å²) in [5.74, 6) is -0.879. The molecule has 2 aromatic rings. The molecule has 0 spiro atoms. The van der Waals surface area contributed by atoms with Crippen LogP contribution >= 0.6 is 0 Å². The largest absolute Gasteiger partial charge is 0.478 e. The average molecular weight is 191 g/mol. The molecule has 1 N–H and O–H groups in total. The number of benzene rings is 1. The molecular formula is C10H9NO3. The summed E-state index contributed by atoms with van der Waals surface area (Å²) >= 11 is 0. The Morgan fingerprint density at radius 1 is 1.21 bits per heavy atom. The van der Waals surface area contributed by atoms with E-state index in [1.54, 1.807) is 42.6 Å². The fourth-order valence-electron chi connectivity index (χ4n) is 0.756. The first-order valence-corrected chi connectivity index (χ1v) is 3.93. The Bertz CT molecular complexity index is 339. The SMILES string of the molecule is O=C(O)c1ccccc1.c1cnoc1. The number of hydrogen-bond donors (Lipinski definition) is 1. The molecule has 1 heterocycles. The summed E-state index contributed by atoms with van der Waals surface area (Å²) in [6.07, 6.45) is 3.10. The molecule has 0 atom stereocenters. The van der Waals surface area contributed by atoms with Crippen LogP contribution in [0.25, 0.3) is 0 Å². The van der Waals surface area contributed by atoms with Crippen molar-refractivity contribution >= 4 is 5.97 Å². The number of aromatic carboxylic acids is 1. The Kier molecular flexibility index (Phi) is 3.94. The summed E-state index contributed by atoms with van der Waals surface area (Å²) in [6.45, 7) is 0. The summed E-state index contributed by atoms with van der Waals surface area (Å²) in [5.41, 5.74) is 0.331. The molecule has 0 aliphatic rings. The van der Waals surface area contributed by atoms with E-state index < -0.39 is 5.97 Å². The summed E-state index contributed by atoms with van der Waals surface area (Å²) < 4.78 is 4.33. The van der Waals surface area contributed by atoms with Crippen LogP contribution in [0, 0.1) is 0 Å². The highest BCUT2D eigenvalue weighted by molar-refractivity contribution is 5.87. The number of nitrogens with zero attached hydrogens (tertiary/aromatic N) is 1. The van der Waals surface area contributed by atoms with Gasteiger partial charge in [0.2, 0.25) is 0 Å². The molecule has 4 nitrogen and oxygen atoms in total. The maximum absolute atomic E-state index is 10.2. The fraction of sp³-hybridized carbons (Fsp3) is 0. The van der Waals surface area contributed by atoms with E-state index >= 15 is 0 Å². The van der Waals surface area contributed by atoms with Crippen molar-refractivity contribution in [2.45, 2.75) is 0 Å². The molecule has 0 saturated heterocycles. The normalized spacial score (nSPS) is 8.57. The molecule has 0 amide bonds. The van der Waals surface area contributed by atoms with Gasteiger partial charge in [0.25, 0.3) is 0 Å². The fourth-order valence-corrected chi connectivity index (χ4v) is 0.756. The highest BCUT2D eigenvalue weighted by Crippen LogP contribution is 1.96. The Morgan fingerprint density at radius 2 is 1.93 bits per heavy atom. The van der Waals surface area contributed by atoms with Crippen molar-refractivity contribution in [2.75, 3.05) is 0 Å². The average Bonchev–Trinajstić information content (AvgIpc) is 2.77. The van der Waals surface area contributed by atoms with Gasteiger partial charge in [-0.1, -0.05) is 23.4 Å². The van der Waals surface area contributed by atoms with Gasteiger partial charge in [-0.05, 0) is 18.2 Å². The van der Waals surface area contributed by atoms with Gasteiger partial charge in [0.05, 0.1) is 11.8 Å². The number of rotatable bonds is 1. The monoisotopic (exact) mass is 191 g/mol. The molecule has 0 fully saturated rings. The molecule has 1 aromatic heterocycles. The summed E-state index contributed by atoms with van der Waals surface area (Å²) in [5, 5.41) is 11.7. The van der Waals surface area contributed by atoms with Crippen LogP contribution in [-0.2, 0) is 0 Å². The zero-order valence-electron chi connectivity index (χ0n) is 7.33. The van der Waals surface area contributed by atoms with Crippen LogP contribution in [0.15, 0.2) is 53.4 Å². The van der Waals surface area contributed by atoms with Gasteiger partial charge in [-0.25, -0.2) is 4.79 Å². The minimum Gasteiger partial charge on any atom is -0.478 e. The smallest absolute Gasteiger partial charge is 0.335 e. The molecule has 0 bridgehead atoms. The van der Waals surface area contributed by atoms with Gasteiger partial charge in [-0.15, -0.1) is 0 Å². The number of carbonyl (C=O) groups is 1. The molecule has 1 aromatic carbocycles. The molecule has 4 heteroatoms. The van der Waals surface area contributed by atoms with E-state index in [0.29, 0.717) is 5.56 Å². The number of aromatic nitrogens is 1. The standard InChI is InChI=1S/C7H6O2.C3H3NO/c8-7(9)6-4-2-1-3-5-6;1-2-4-5-3-1/h1-5H,(H,8,9);1-3H. The van der Waals surface area contributed by atoms with Crippen LogP contribution in [0.3, 0.4) is 0 Å². The second-order valence-electron chi connectivity index (χ2n) is 2.36. The van der Waals surface area contributed by atoms with E-state index in [-0.39, 0.29) is 0 Å². The molecule has 0 unspecified atom stereocenters. The zero-order valence-corrected chi connectivity index (χ0v) is 7.33. The zero-order chi connectivity index (χ0) is 10.2. The van der Waals surface area contributed by atoms with Crippen LogP contribution in [0.5, 0.6) is 0 Å². The molecular weight excluding hydrogens is 182 g/mol. The molecule has 0 saturated carbocycles. The molecule has 0 aliphatic heterocycles. The highest BCUT2D eigenvalue weighted by Gasteiger charge is 1.96. The number of carboxylic acids is 1.